The molecular formula is C12H11BrN4S. The molecule has 1 aliphatic rings. The molecular weight excluding hydrogens is 312 g/mol. The van der Waals surface area contributed by atoms with E-state index in [4.69, 9.17) is 0 Å². The molecule has 6 heteroatoms. The van der Waals surface area contributed by atoms with Crippen LogP contribution in [0.15, 0.2) is 27.7 Å². The van der Waals surface area contributed by atoms with E-state index in [-0.39, 0.29) is 0 Å². The first kappa shape index (κ1) is 11.9. The minimum absolute atomic E-state index is 0.573. The fourth-order valence-corrected chi connectivity index (χ4v) is 3.04. The Hall–Kier alpha value is -1.14. The molecule has 1 aromatic carbocycles. The fourth-order valence-electron chi connectivity index (χ4n) is 2.10. The van der Waals surface area contributed by atoms with Crippen LogP contribution in [0.3, 0.4) is 0 Å². The van der Waals surface area contributed by atoms with Gasteiger partial charge in [0, 0.05) is 10.0 Å². The van der Waals surface area contributed by atoms with Crippen LogP contribution < -0.4 is 0 Å². The van der Waals surface area contributed by atoms with Gasteiger partial charge in [-0.3, -0.25) is 9.56 Å². The summed E-state index contributed by atoms with van der Waals surface area (Å²) in [4.78, 5) is 4.61. The molecule has 92 valence electrons. The van der Waals surface area contributed by atoms with Gasteiger partial charge in [0.05, 0.1) is 5.69 Å². The topological polar surface area (TPSA) is 43.1 Å². The molecule has 0 saturated heterocycles. The minimum atomic E-state index is 0.573. The molecule has 3 rings (SSSR count). The lowest BCUT2D eigenvalue weighted by molar-refractivity contribution is 0.862. The number of aromatic nitrogens is 3. The molecule has 0 unspecified atom stereocenters. The molecule has 0 spiro atoms. The van der Waals surface area contributed by atoms with E-state index in [9.17, 15) is 0 Å². The first-order valence-corrected chi connectivity index (χ1v) is 7.52. The van der Waals surface area contributed by atoms with Crippen molar-refractivity contribution in [2.24, 2.45) is 4.99 Å². The normalized spacial score (nSPS) is 13.6. The predicted octanol–water partition coefficient (Wildman–Crippen LogP) is 2.96. The second-order valence-corrected chi connectivity index (χ2v) is 5.70. The van der Waals surface area contributed by atoms with Crippen molar-refractivity contribution in [2.45, 2.75) is 13.5 Å². The maximum absolute atomic E-state index is 4.61. The van der Waals surface area contributed by atoms with Gasteiger partial charge < -0.3 is 0 Å². The van der Waals surface area contributed by atoms with Crippen LogP contribution in [0.25, 0.3) is 5.69 Å². The number of benzene rings is 1. The Morgan fingerprint density at radius 1 is 1.33 bits per heavy atom. The average molecular weight is 323 g/mol. The molecule has 0 amide bonds. The van der Waals surface area contributed by atoms with Gasteiger partial charge >= 0.3 is 0 Å². The van der Waals surface area contributed by atoms with Crippen molar-refractivity contribution in [3.05, 3.63) is 39.9 Å². The number of hydrogen-bond donors (Lipinski definition) is 0. The van der Waals surface area contributed by atoms with Crippen molar-refractivity contribution in [3.8, 4) is 5.69 Å². The number of rotatable bonds is 0. The van der Waals surface area contributed by atoms with Crippen molar-refractivity contribution < 1.29 is 0 Å². The van der Waals surface area contributed by atoms with Gasteiger partial charge in [0.2, 0.25) is 0 Å². The van der Waals surface area contributed by atoms with Gasteiger partial charge in [-0.05, 0) is 31.4 Å². The summed E-state index contributed by atoms with van der Waals surface area (Å²) in [5, 5.41) is 9.37. The standard InChI is InChI=1S/C12H11BrN4S/c1-7-15-16-11-6-14-12(18-2)9-5-8(13)3-4-10(9)17(7)11/h3-5H,6H2,1-2H3. The van der Waals surface area contributed by atoms with E-state index >= 15 is 0 Å². The zero-order chi connectivity index (χ0) is 12.7. The predicted molar refractivity (Wildman–Crippen MR) is 77.6 cm³/mol. The summed E-state index contributed by atoms with van der Waals surface area (Å²) >= 11 is 5.18. The van der Waals surface area contributed by atoms with E-state index < -0.39 is 0 Å². The Labute approximate surface area is 118 Å². The second kappa shape index (κ2) is 4.51. The summed E-state index contributed by atoms with van der Waals surface area (Å²) in [6.45, 7) is 2.54. The maximum atomic E-state index is 4.61. The summed E-state index contributed by atoms with van der Waals surface area (Å²) in [5.74, 6) is 1.78. The van der Waals surface area contributed by atoms with Crippen LogP contribution in [0.1, 0.15) is 17.2 Å². The van der Waals surface area contributed by atoms with Crippen molar-refractivity contribution in [1.82, 2.24) is 14.8 Å². The van der Waals surface area contributed by atoms with E-state index in [2.05, 4.69) is 47.8 Å². The molecule has 1 aromatic heterocycles. The Bertz CT molecular complexity index is 648. The SMILES string of the molecule is CSC1=NCc2nnc(C)n2-c2ccc(Br)cc21. The molecule has 2 heterocycles. The lowest BCUT2D eigenvalue weighted by atomic mass is 10.2. The summed E-state index contributed by atoms with van der Waals surface area (Å²) in [6.07, 6.45) is 2.04. The lowest BCUT2D eigenvalue weighted by Crippen LogP contribution is -2.05. The van der Waals surface area contributed by atoms with E-state index in [0.717, 1.165) is 32.4 Å². The number of thioether (sulfide) groups is 1. The highest BCUT2D eigenvalue weighted by Gasteiger charge is 2.20. The number of nitrogens with zero attached hydrogens (tertiary/aromatic N) is 4. The number of aliphatic imine (C=N–C) groups is 1. The van der Waals surface area contributed by atoms with E-state index in [1.807, 2.05) is 19.2 Å². The number of fused-ring (bicyclic) bond motifs is 3. The third-order valence-electron chi connectivity index (χ3n) is 2.88. The van der Waals surface area contributed by atoms with Gasteiger partial charge in [0.1, 0.15) is 17.4 Å². The highest BCUT2D eigenvalue weighted by molar-refractivity contribution is 9.10. The van der Waals surface area contributed by atoms with Crippen LogP contribution in [0.5, 0.6) is 0 Å². The average Bonchev–Trinajstić information content (AvgIpc) is 2.65. The van der Waals surface area contributed by atoms with Crippen LogP contribution in [0.4, 0.5) is 0 Å². The smallest absolute Gasteiger partial charge is 0.159 e. The van der Waals surface area contributed by atoms with E-state index in [1.165, 1.54) is 0 Å². The van der Waals surface area contributed by atoms with E-state index in [1.54, 1.807) is 11.8 Å². The Kier molecular flexibility index (Phi) is 2.99. The molecule has 0 radical (unpaired) electrons. The maximum Gasteiger partial charge on any atom is 0.159 e. The molecule has 0 atom stereocenters. The van der Waals surface area contributed by atoms with Crippen molar-refractivity contribution >= 4 is 32.7 Å². The highest BCUT2D eigenvalue weighted by atomic mass is 79.9. The molecule has 0 fully saturated rings. The largest absolute Gasteiger partial charge is 0.281 e. The molecule has 2 aromatic rings. The monoisotopic (exact) mass is 322 g/mol. The highest BCUT2D eigenvalue weighted by Crippen LogP contribution is 2.28. The van der Waals surface area contributed by atoms with Gasteiger partial charge in [-0.15, -0.1) is 22.0 Å². The third kappa shape index (κ3) is 1.80. The third-order valence-corrected chi connectivity index (χ3v) is 4.11. The number of hydrogen-bond acceptors (Lipinski definition) is 4. The summed E-state index contributed by atoms with van der Waals surface area (Å²) in [7, 11) is 0. The van der Waals surface area contributed by atoms with Gasteiger partial charge in [0.25, 0.3) is 0 Å². The Balaban J connectivity index is 2.33. The van der Waals surface area contributed by atoms with Crippen molar-refractivity contribution in [2.75, 3.05) is 6.26 Å². The first-order valence-electron chi connectivity index (χ1n) is 5.50. The quantitative estimate of drug-likeness (QED) is 0.749. The van der Waals surface area contributed by atoms with Crippen LogP contribution in [0.2, 0.25) is 0 Å². The van der Waals surface area contributed by atoms with E-state index in [0.29, 0.717) is 6.54 Å². The summed E-state index contributed by atoms with van der Waals surface area (Å²) in [6, 6.07) is 6.21. The molecule has 4 nitrogen and oxygen atoms in total. The van der Waals surface area contributed by atoms with Gasteiger partial charge in [0.15, 0.2) is 5.82 Å². The fraction of sp³-hybridized carbons (Fsp3) is 0.250. The molecule has 0 saturated carbocycles. The first-order chi connectivity index (χ1) is 8.70. The Morgan fingerprint density at radius 3 is 2.94 bits per heavy atom. The molecule has 18 heavy (non-hydrogen) atoms. The minimum Gasteiger partial charge on any atom is -0.281 e. The van der Waals surface area contributed by atoms with Crippen LogP contribution in [0, 0.1) is 6.92 Å². The number of halogens is 1. The lowest BCUT2D eigenvalue weighted by Gasteiger charge is -2.11. The molecule has 0 bridgehead atoms. The number of aryl methyl sites for hydroxylation is 1. The van der Waals surface area contributed by atoms with Gasteiger partial charge in [-0.1, -0.05) is 15.9 Å². The Morgan fingerprint density at radius 2 is 2.17 bits per heavy atom. The van der Waals surface area contributed by atoms with Crippen molar-refractivity contribution in [1.29, 1.82) is 0 Å². The van der Waals surface area contributed by atoms with Crippen LogP contribution >= 0.6 is 27.7 Å². The van der Waals surface area contributed by atoms with Gasteiger partial charge in [-0.2, -0.15) is 0 Å². The second-order valence-electron chi connectivity index (χ2n) is 3.99. The van der Waals surface area contributed by atoms with Crippen molar-refractivity contribution in [3.63, 3.8) is 0 Å². The van der Waals surface area contributed by atoms with Gasteiger partial charge in [-0.25, -0.2) is 0 Å². The summed E-state index contributed by atoms with van der Waals surface area (Å²) < 4.78 is 3.13. The summed E-state index contributed by atoms with van der Waals surface area (Å²) in [5.41, 5.74) is 2.22. The van der Waals surface area contributed by atoms with Crippen LogP contribution in [-0.2, 0) is 6.54 Å². The molecule has 0 aliphatic carbocycles. The zero-order valence-electron chi connectivity index (χ0n) is 10.0. The molecule has 0 N–H and O–H groups in total. The van der Waals surface area contributed by atoms with Crippen LogP contribution in [-0.4, -0.2) is 26.1 Å². The zero-order valence-corrected chi connectivity index (χ0v) is 12.4. The molecule has 1 aliphatic heterocycles.